The third-order valence-electron chi connectivity index (χ3n) is 4.28. The molecule has 3 rings (SSSR count). The van der Waals surface area contributed by atoms with Crippen LogP contribution in [-0.2, 0) is 13.0 Å². The minimum atomic E-state index is -0.781. The third kappa shape index (κ3) is 3.93. The molecule has 0 spiro atoms. The molecule has 1 aromatic heterocycles. The molecule has 140 valence electrons. The number of hydrogen-bond donors (Lipinski definition) is 1. The van der Waals surface area contributed by atoms with Crippen molar-refractivity contribution in [2.45, 2.75) is 19.9 Å². The maximum atomic E-state index is 14.1. The van der Waals surface area contributed by atoms with Gasteiger partial charge in [0.1, 0.15) is 23.3 Å². The van der Waals surface area contributed by atoms with Gasteiger partial charge in [0.2, 0.25) is 0 Å². The zero-order chi connectivity index (χ0) is 19.6. The van der Waals surface area contributed by atoms with E-state index >= 15 is 0 Å². The highest BCUT2D eigenvalue weighted by Gasteiger charge is 2.17. The van der Waals surface area contributed by atoms with Crippen LogP contribution in [0.2, 0.25) is 0 Å². The van der Waals surface area contributed by atoms with Crippen molar-refractivity contribution in [2.24, 2.45) is 0 Å². The monoisotopic (exact) mass is 374 g/mol. The molecule has 0 saturated heterocycles. The Bertz CT molecular complexity index is 1030. The van der Waals surface area contributed by atoms with Crippen molar-refractivity contribution in [3.63, 3.8) is 0 Å². The Morgan fingerprint density at radius 1 is 1.04 bits per heavy atom. The van der Waals surface area contributed by atoms with Crippen LogP contribution in [0.3, 0.4) is 0 Å². The van der Waals surface area contributed by atoms with Crippen LogP contribution in [0.1, 0.15) is 16.8 Å². The third-order valence-corrected chi connectivity index (χ3v) is 4.28. The summed E-state index contributed by atoms with van der Waals surface area (Å²) in [6.07, 6.45) is 0.104. The number of rotatable bonds is 5. The van der Waals surface area contributed by atoms with E-state index in [1.807, 2.05) is 0 Å². The number of hydrogen-bond acceptors (Lipinski definition) is 3. The Kier molecular flexibility index (Phi) is 5.41. The molecule has 0 fully saturated rings. The summed E-state index contributed by atoms with van der Waals surface area (Å²) in [5.41, 5.74) is 0.909. The van der Waals surface area contributed by atoms with E-state index in [0.717, 1.165) is 12.1 Å². The summed E-state index contributed by atoms with van der Waals surface area (Å²) in [7, 11) is 0. The van der Waals surface area contributed by atoms with Crippen LogP contribution >= 0.6 is 0 Å². The van der Waals surface area contributed by atoms with Crippen LogP contribution in [0.15, 0.2) is 47.3 Å². The van der Waals surface area contributed by atoms with Crippen LogP contribution in [-0.4, -0.2) is 21.3 Å². The van der Waals surface area contributed by atoms with Crippen LogP contribution in [0.4, 0.5) is 13.2 Å². The van der Waals surface area contributed by atoms with Gasteiger partial charge in [-0.05, 0) is 37.3 Å². The number of aliphatic hydroxyl groups excluding tert-OH is 1. The summed E-state index contributed by atoms with van der Waals surface area (Å²) in [5, 5.41) is 9.22. The second kappa shape index (κ2) is 7.75. The SMILES string of the molecule is Cc1nc(-c2ccc(F)cc2)n(Cc2ccc(F)cc2F)c(=O)c1CCO. The lowest BCUT2D eigenvalue weighted by molar-refractivity contribution is 0.298. The van der Waals surface area contributed by atoms with E-state index < -0.39 is 23.0 Å². The minimum absolute atomic E-state index is 0.104. The number of aromatic nitrogens is 2. The van der Waals surface area contributed by atoms with E-state index in [9.17, 15) is 23.1 Å². The fourth-order valence-electron chi connectivity index (χ4n) is 2.89. The van der Waals surface area contributed by atoms with E-state index in [2.05, 4.69) is 4.98 Å². The number of halogens is 3. The second-order valence-electron chi connectivity index (χ2n) is 6.11. The van der Waals surface area contributed by atoms with Crippen LogP contribution < -0.4 is 5.56 Å². The first-order valence-corrected chi connectivity index (χ1v) is 8.31. The zero-order valence-electron chi connectivity index (χ0n) is 14.5. The van der Waals surface area contributed by atoms with Gasteiger partial charge >= 0.3 is 0 Å². The average Bonchev–Trinajstić information content (AvgIpc) is 2.63. The van der Waals surface area contributed by atoms with E-state index in [1.165, 1.54) is 34.9 Å². The van der Waals surface area contributed by atoms with Gasteiger partial charge in [0.15, 0.2) is 0 Å². The van der Waals surface area contributed by atoms with Crippen molar-refractivity contribution in [1.29, 1.82) is 0 Å². The Hall–Kier alpha value is -2.93. The molecule has 27 heavy (non-hydrogen) atoms. The molecule has 2 aromatic carbocycles. The minimum Gasteiger partial charge on any atom is -0.396 e. The molecule has 7 heteroatoms. The lowest BCUT2D eigenvalue weighted by Gasteiger charge is -2.16. The summed E-state index contributed by atoms with van der Waals surface area (Å²) in [6, 6.07) is 8.53. The summed E-state index contributed by atoms with van der Waals surface area (Å²) in [6.45, 7) is 1.23. The van der Waals surface area contributed by atoms with Crippen LogP contribution in [0.5, 0.6) is 0 Å². The molecule has 0 unspecified atom stereocenters. The summed E-state index contributed by atoms with van der Waals surface area (Å²) in [5.74, 6) is -1.70. The first-order chi connectivity index (χ1) is 12.9. The molecule has 3 aromatic rings. The van der Waals surface area contributed by atoms with E-state index in [-0.39, 0.29) is 31.0 Å². The van der Waals surface area contributed by atoms with Crippen molar-refractivity contribution in [2.75, 3.05) is 6.61 Å². The maximum Gasteiger partial charge on any atom is 0.257 e. The molecule has 1 heterocycles. The molecule has 0 saturated carbocycles. The number of nitrogens with zero attached hydrogens (tertiary/aromatic N) is 2. The average molecular weight is 374 g/mol. The number of aliphatic hydroxyl groups is 1. The quantitative estimate of drug-likeness (QED) is 0.746. The van der Waals surface area contributed by atoms with Gasteiger partial charge in [0.05, 0.1) is 6.54 Å². The van der Waals surface area contributed by atoms with Gasteiger partial charge in [-0.25, -0.2) is 18.2 Å². The molecular weight excluding hydrogens is 357 g/mol. The van der Waals surface area contributed by atoms with Crippen LogP contribution in [0.25, 0.3) is 11.4 Å². The van der Waals surface area contributed by atoms with Gasteiger partial charge < -0.3 is 5.11 Å². The van der Waals surface area contributed by atoms with Crippen LogP contribution in [0, 0.1) is 24.4 Å². The normalized spacial score (nSPS) is 11.0. The molecule has 0 aliphatic heterocycles. The second-order valence-corrected chi connectivity index (χ2v) is 6.11. The molecular formula is C20H17F3N2O2. The van der Waals surface area contributed by atoms with Crippen molar-refractivity contribution in [3.8, 4) is 11.4 Å². The van der Waals surface area contributed by atoms with Crippen molar-refractivity contribution < 1.29 is 18.3 Å². The lowest BCUT2D eigenvalue weighted by atomic mass is 10.1. The predicted molar refractivity (Wildman–Crippen MR) is 94.9 cm³/mol. The summed E-state index contributed by atoms with van der Waals surface area (Å²) >= 11 is 0. The smallest absolute Gasteiger partial charge is 0.257 e. The largest absolute Gasteiger partial charge is 0.396 e. The van der Waals surface area contributed by atoms with Gasteiger partial charge in [-0.2, -0.15) is 0 Å². The van der Waals surface area contributed by atoms with Crippen molar-refractivity contribution in [3.05, 3.63) is 87.1 Å². The zero-order valence-corrected chi connectivity index (χ0v) is 14.5. The number of aryl methyl sites for hydroxylation is 1. The van der Waals surface area contributed by atoms with E-state index in [4.69, 9.17) is 0 Å². The molecule has 1 N–H and O–H groups in total. The maximum absolute atomic E-state index is 14.1. The molecule has 0 radical (unpaired) electrons. The van der Waals surface area contributed by atoms with Gasteiger partial charge in [-0.15, -0.1) is 0 Å². The fourth-order valence-corrected chi connectivity index (χ4v) is 2.89. The van der Waals surface area contributed by atoms with E-state index in [0.29, 0.717) is 16.8 Å². The molecule has 0 atom stereocenters. The molecule has 0 aliphatic rings. The first kappa shape index (κ1) is 18.8. The fraction of sp³-hybridized carbons (Fsp3) is 0.200. The highest BCUT2D eigenvalue weighted by Crippen LogP contribution is 2.20. The summed E-state index contributed by atoms with van der Waals surface area (Å²) in [4.78, 5) is 17.4. The predicted octanol–water partition coefficient (Wildman–Crippen LogP) is 3.22. The van der Waals surface area contributed by atoms with Gasteiger partial charge in [-0.1, -0.05) is 6.07 Å². The molecule has 0 aliphatic carbocycles. The van der Waals surface area contributed by atoms with Crippen molar-refractivity contribution in [1.82, 2.24) is 9.55 Å². The topological polar surface area (TPSA) is 55.1 Å². The van der Waals surface area contributed by atoms with Gasteiger partial charge in [0.25, 0.3) is 5.56 Å². The molecule has 0 amide bonds. The Morgan fingerprint density at radius 3 is 2.33 bits per heavy atom. The highest BCUT2D eigenvalue weighted by molar-refractivity contribution is 5.56. The Morgan fingerprint density at radius 2 is 1.70 bits per heavy atom. The summed E-state index contributed by atoms with van der Waals surface area (Å²) < 4.78 is 41.8. The first-order valence-electron chi connectivity index (χ1n) is 8.31. The van der Waals surface area contributed by atoms with Gasteiger partial charge in [0, 0.05) is 41.5 Å². The van der Waals surface area contributed by atoms with E-state index in [1.54, 1.807) is 6.92 Å². The number of benzene rings is 2. The Balaban J connectivity index is 2.20. The van der Waals surface area contributed by atoms with Crippen molar-refractivity contribution >= 4 is 0 Å². The highest BCUT2D eigenvalue weighted by atomic mass is 19.1. The standard InChI is InChI=1S/C20H17F3N2O2/c1-12-17(8-9-26)20(27)25(11-14-4-7-16(22)10-18(14)23)19(24-12)13-2-5-15(21)6-3-13/h2-7,10,26H,8-9,11H2,1H3. The molecule has 0 bridgehead atoms. The Labute approximate surface area is 153 Å². The van der Waals surface area contributed by atoms with Gasteiger partial charge in [-0.3, -0.25) is 9.36 Å². The lowest BCUT2D eigenvalue weighted by Crippen LogP contribution is -2.29. The molecule has 4 nitrogen and oxygen atoms in total.